The molecule has 4 rings (SSSR count). The van der Waals surface area contributed by atoms with Crippen molar-refractivity contribution in [3.05, 3.63) is 57.7 Å². The normalized spacial score (nSPS) is 11.2. The minimum atomic E-state index is -0.606. The van der Waals surface area contributed by atoms with Gasteiger partial charge in [0.2, 0.25) is 5.82 Å². The summed E-state index contributed by atoms with van der Waals surface area (Å²) >= 11 is 1.50. The van der Waals surface area contributed by atoms with E-state index in [4.69, 9.17) is 0 Å². The van der Waals surface area contributed by atoms with Crippen LogP contribution < -0.4 is 5.32 Å². The summed E-state index contributed by atoms with van der Waals surface area (Å²) in [6, 6.07) is 8.01. The number of pyridine rings is 1. The number of aryl methyl sites for hydroxylation is 2. The third kappa shape index (κ3) is 4.19. The van der Waals surface area contributed by atoms with Crippen molar-refractivity contribution in [2.75, 3.05) is 5.32 Å². The van der Waals surface area contributed by atoms with Crippen molar-refractivity contribution in [2.45, 2.75) is 33.7 Å². The van der Waals surface area contributed by atoms with Crippen LogP contribution in [-0.4, -0.2) is 36.1 Å². The first-order chi connectivity index (χ1) is 14.8. The fraction of sp³-hybridized carbons (Fsp3) is 0.238. The van der Waals surface area contributed by atoms with Crippen molar-refractivity contribution in [2.24, 2.45) is 0 Å². The smallest absolute Gasteiger partial charge is 0.259 e. The third-order valence-electron chi connectivity index (χ3n) is 4.66. The van der Waals surface area contributed by atoms with Gasteiger partial charge in [0.1, 0.15) is 17.3 Å². The number of halogens is 1. The number of carbonyl (C=O) groups is 1. The van der Waals surface area contributed by atoms with Gasteiger partial charge in [0.15, 0.2) is 0 Å². The molecule has 0 spiro atoms. The summed E-state index contributed by atoms with van der Waals surface area (Å²) in [5.74, 6) is -0.454. The highest BCUT2D eigenvalue weighted by Gasteiger charge is 2.18. The topological polar surface area (TPSA) is 98.5 Å². The molecule has 4 aromatic rings. The summed E-state index contributed by atoms with van der Waals surface area (Å²) in [4.78, 5) is 21.7. The Balaban J connectivity index is 1.64. The molecule has 0 fully saturated rings. The molecular formula is C21H20FN7OS. The summed E-state index contributed by atoms with van der Waals surface area (Å²) in [5.41, 5.74) is 2.56. The lowest BCUT2D eigenvalue weighted by Crippen LogP contribution is -2.15. The highest BCUT2D eigenvalue weighted by atomic mass is 32.1. The van der Waals surface area contributed by atoms with Crippen molar-refractivity contribution in [1.29, 1.82) is 0 Å². The molecule has 0 aliphatic carbocycles. The Labute approximate surface area is 182 Å². The molecule has 0 aliphatic heterocycles. The van der Waals surface area contributed by atoms with E-state index in [1.165, 1.54) is 23.5 Å². The standard InChI is InChI=1S/C21H20FN7OS/c1-11(2)29-20(26-27-28-29)17-6-5-7-19(24-17)25-21(30)15-9-14(12(3)8-16(15)22)18-10-31-13(4)23-18/h5-11H,1-4H3,(H,24,25,30). The van der Waals surface area contributed by atoms with Crippen LogP contribution in [0.15, 0.2) is 35.7 Å². The fourth-order valence-electron chi connectivity index (χ4n) is 3.13. The lowest BCUT2D eigenvalue weighted by Gasteiger charge is -2.11. The van der Waals surface area contributed by atoms with Crippen LogP contribution in [0.25, 0.3) is 22.8 Å². The molecule has 8 nitrogen and oxygen atoms in total. The van der Waals surface area contributed by atoms with E-state index in [1.807, 2.05) is 26.2 Å². The SMILES string of the molecule is Cc1nc(-c2cc(C(=O)Nc3cccc(-c4nnnn4C(C)C)n3)c(F)cc2C)cs1. The number of nitrogens with zero attached hydrogens (tertiary/aromatic N) is 6. The predicted octanol–water partition coefficient (Wildman–Crippen LogP) is 4.45. The number of thiazole rings is 1. The largest absolute Gasteiger partial charge is 0.306 e. The van der Waals surface area contributed by atoms with Gasteiger partial charge >= 0.3 is 0 Å². The van der Waals surface area contributed by atoms with Crippen molar-refractivity contribution in [1.82, 2.24) is 30.2 Å². The van der Waals surface area contributed by atoms with E-state index in [1.54, 1.807) is 29.8 Å². The van der Waals surface area contributed by atoms with E-state index in [0.717, 1.165) is 10.7 Å². The molecule has 0 unspecified atom stereocenters. The quantitative estimate of drug-likeness (QED) is 0.495. The Morgan fingerprint density at radius 1 is 1.16 bits per heavy atom. The molecule has 0 aliphatic rings. The molecule has 1 N–H and O–H groups in total. The van der Waals surface area contributed by atoms with Crippen LogP contribution in [0.1, 0.15) is 40.8 Å². The van der Waals surface area contributed by atoms with Crippen molar-refractivity contribution in [3.63, 3.8) is 0 Å². The van der Waals surface area contributed by atoms with Crippen LogP contribution in [-0.2, 0) is 0 Å². The zero-order valence-corrected chi connectivity index (χ0v) is 18.2. The second-order valence-electron chi connectivity index (χ2n) is 7.30. The first-order valence-corrected chi connectivity index (χ1v) is 10.5. The first-order valence-electron chi connectivity index (χ1n) is 9.62. The van der Waals surface area contributed by atoms with Crippen molar-refractivity contribution >= 4 is 23.1 Å². The lowest BCUT2D eigenvalue weighted by atomic mass is 10.0. The molecule has 3 heterocycles. The van der Waals surface area contributed by atoms with Crippen LogP contribution in [0.5, 0.6) is 0 Å². The van der Waals surface area contributed by atoms with Crippen molar-refractivity contribution < 1.29 is 9.18 Å². The summed E-state index contributed by atoms with van der Waals surface area (Å²) in [6.07, 6.45) is 0. The van der Waals surface area contributed by atoms with E-state index >= 15 is 0 Å². The van der Waals surface area contributed by atoms with Gasteiger partial charge in [0.25, 0.3) is 5.91 Å². The number of rotatable bonds is 5. The maximum atomic E-state index is 14.6. The predicted molar refractivity (Wildman–Crippen MR) is 116 cm³/mol. The summed E-state index contributed by atoms with van der Waals surface area (Å²) in [7, 11) is 0. The van der Waals surface area contributed by atoms with E-state index in [0.29, 0.717) is 22.6 Å². The van der Waals surface area contributed by atoms with E-state index in [2.05, 4.69) is 30.8 Å². The van der Waals surface area contributed by atoms with E-state index in [-0.39, 0.29) is 17.4 Å². The third-order valence-corrected chi connectivity index (χ3v) is 5.43. The van der Waals surface area contributed by atoms with Gasteiger partial charge < -0.3 is 5.32 Å². The van der Waals surface area contributed by atoms with Gasteiger partial charge in [-0.3, -0.25) is 4.79 Å². The highest BCUT2D eigenvalue weighted by molar-refractivity contribution is 7.09. The minimum absolute atomic E-state index is 0.0412. The van der Waals surface area contributed by atoms with Crippen LogP contribution in [0.2, 0.25) is 0 Å². The van der Waals surface area contributed by atoms with Crippen LogP contribution in [0.3, 0.4) is 0 Å². The Bertz CT molecular complexity index is 1260. The number of hydrogen-bond donors (Lipinski definition) is 1. The van der Waals surface area contributed by atoms with Gasteiger partial charge in [0, 0.05) is 10.9 Å². The highest BCUT2D eigenvalue weighted by Crippen LogP contribution is 2.28. The Morgan fingerprint density at radius 2 is 1.97 bits per heavy atom. The maximum absolute atomic E-state index is 14.6. The molecule has 0 saturated carbocycles. The number of nitrogens with one attached hydrogen (secondary N) is 1. The van der Waals surface area contributed by atoms with Gasteiger partial charge in [-0.1, -0.05) is 6.07 Å². The van der Waals surface area contributed by atoms with Crippen molar-refractivity contribution in [3.8, 4) is 22.8 Å². The summed E-state index contributed by atoms with van der Waals surface area (Å²) in [6.45, 7) is 7.59. The average Bonchev–Trinajstić information content (AvgIpc) is 3.37. The van der Waals surface area contributed by atoms with Gasteiger partial charge in [-0.2, -0.15) is 0 Å². The average molecular weight is 438 g/mol. The molecule has 1 aromatic carbocycles. The number of anilines is 1. The van der Waals surface area contributed by atoms with Gasteiger partial charge in [-0.25, -0.2) is 19.0 Å². The lowest BCUT2D eigenvalue weighted by molar-refractivity contribution is 0.102. The molecule has 3 aromatic heterocycles. The Morgan fingerprint density at radius 3 is 2.68 bits per heavy atom. The summed E-state index contributed by atoms with van der Waals surface area (Å²) in [5, 5.41) is 17.1. The number of carbonyl (C=O) groups excluding carboxylic acids is 1. The molecule has 158 valence electrons. The zero-order valence-electron chi connectivity index (χ0n) is 17.4. The molecule has 0 bridgehead atoms. The van der Waals surface area contributed by atoms with Gasteiger partial charge in [0.05, 0.1) is 22.3 Å². The molecule has 0 radical (unpaired) electrons. The Kier molecular flexibility index (Phi) is 5.55. The molecule has 0 saturated heterocycles. The number of aromatic nitrogens is 6. The monoisotopic (exact) mass is 437 g/mol. The molecule has 31 heavy (non-hydrogen) atoms. The van der Waals surface area contributed by atoms with Gasteiger partial charge in [-0.15, -0.1) is 16.4 Å². The Hall–Kier alpha value is -3.53. The second kappa shape index (κ2) is 8.31. The molecule has 1 amide bonds. The van der Waals surface area contributed by atoms with Crippen LogP contribution in [0, 0.1) is 19.7 Å². The minimum Gasteiger partial charge on any atom is -0.306 e. The number of amides is 1. The molecule has 10 heteroatoms. The van der Waals surface area contributed by atoms with E-state index in [9.17, 15) is 9.18 Å². The summed E-state index contributed by atoms with van der Waals surface area (Å²) < 4.78 is 16.3. The van der Waals surface area contributed by atoms with Crippen LogP contribution >= 0.6 is 11.3 Å². The molecular weight excluding hydrogens is 417 g/mol. The maximum Gasteiger partial charge on any atom is 0.259 e. The molecule has 0 atom stereocenters. The first kappa shape index (κ1) is 20.7. The second-order valence-corrected chi connectivity index (χ2v) is 8.36. The fourth-order valence-corrected chi connectivity index (χ4v) is 3.75. The number of benzene rings is 1. The van der Waals surface area contributed by atoms with E-state index < -0.39 is 11.7 Å². The van der Waals surface area contributed by atoms with Gasteiger partial charge in [-0.05, 0) is 68.0 Å². The zero-order chi connectivity index (χ0) is 22.1. The number of hydrogen-bond acceptors (Lipinski definition) is 7. The van der Waals surface area contributed by atoms with Crippen LogP contribution in [0.4, 0.5) is 10.2 Å². The number of tetrazole rings is 1.